The maximum Gasteiger partial charge on any atom is 0.0953 e. The Morgan fingerprint density at radius 3 is 2.93 bits per heavy atom. The Hall–Kier alpha value is -0.0900. The highest BCUT2D eigenvalue weighted by atomic mass is 79.9. The summed E-state index contributed by atoms with van der Waals surface area (Å²) in [5.41, 5.74) is 0.902. The molecule has 0 saturated carbocycles. The lowest BCUT2D eigenvalue weighted by Gasteiger charge is -2.19. The molecule has 82 valence electrons. The lowest BCUT2D eigenvalue weighted by Crippen LogP contribution is -2.28. The Morgan fingerprint density at radius 2 is 2.33 bits per heavy atom. The van der Waals surface area contributed by atoms with Crippen molar-refractivity contribution in [3.63, 3.8) is 0 Å². The number of halogens is 2. The molecule has 0 aliphatic carbocycles. The van der Waals surface area contributed by atoms with Gasteiger partial charge in [-0.15, -0.1) is 0 Å². The van der Waals surface area contributed by atoms with Gasteiger partial charge in [-0.2, -0.15) is 0 Å². The molecule has 2 unspecified atom stereocenters. The summed E-state index contributed by atoms with van der Waals surface area (Å²) in [6, 6.07) is 5.66. The Morgan fingerprint density at radius 1 is 1.53 bits per heavy atom. The van der Waals surface area contributed by atoms with E-state index in [4.69, 9.17) is 11.6 Å². The van der Waals surface area contributed by atoms with Gasteiger partial charge in [0.2, 0.25) is 0 Å². The molecule has 1 fully saturated rings. The van der Waals surface area contributed by atoms with Gasteiger partial charge in [-0.1, -0.05) is 33.6 Å². The fourth-order valence-electron chi connectivity index (χ4n) is 1.94. The minimum absolute atomic E-state index is 0.169. The van der Waals surface area contributed by atoms with Crippen molar-refractivity contribution >= 4 is 27.5 Å². The highest BCUT2D eigenvalue weighted by Crippen LogP contribution is 2.30. The van der Waals surface area contributed by atoms with E-state index in [0.29, 0.717) is 5.02 Å². The van der Waals surface area contributed by atoms with Gasteiger partial charge < -0.3 is 10.4 Å². The molecule has 1 heterocycles. The van der Waals surface area contributed by atoms with E-state index in [1.807, 2.05) is 12.1 Å². The van der Waals surface area contributed by atoms with Gasteiger partial charge in [-0.3, -0.25) is 0 Å². The second-order valence-electron chi connectivity index (χ2n) is 3.81. The third-order valence-electron chi connectivity index (χ3n) is 2.76. The quantitative estimate of drug-likeness (QED) is 0.878. The Labute approximate surface area is 103 Å². The van der Waals surface area contributed by atoms with Gasteiger partial charge in [0, 0.05) is 15.5 Å². The second kappa shape index (κ2) is 4.83. The van der Waals surface area contributed by atoms with Crippen LogP contribution in [0.5, 0.6) is 0 Å². The first kappa shape index (κ1) is 11.4. The fraction of sp³-hybridized carbons (Fsp3) is 0.455. The first-order valence-corrected chi connectivity index (χ1v) is 6.22. The third-order valence-corrected chi connectivity index (χ3v) is 3.68. The van der Waals surface area contributed by atoms with Crippen LogP contribution in [0.4, 0.5) is 0 Å². The van der Waals surface area contributed by atoms with Crippen LogP contribution in [0, 0.1) is 0 Å². The number of aliphatic hydroxyl groups excluding tert-OH is 1. The van der Waals surface area contributed by atoms with Crippen LogP contribution in [-0.4, -0.2) is 17.7 Å². The zero-order chi connectivity index (χ0) is 10.8. The molecule has 2 N–H and O–H groups in total. The number of hydrogen-bond acceptors (Lipinski definition) is 2. The highest BCUT2D eigenvalue weighted by Gasteiger charge is 2.25. The Kier molecular flexibility index (Phi) is 3.67. The van der Waals surface area contributed by atoms with Crippen LogP contribution in [0.25, 0.3) is 0 Å². The van der Waals surface area contributed by atoms with Crippen molar-refractivity contribution in [2.24, 2.45) is 0 Å². The molecule has 0 radical (unpaired) electrons. The molecule has 2 rings (SSSR count). The standard InChI is InChI=1S/C11H13BrClNO/c12-9-6-7(13)3-4-8(9)11(15)10-2-1-5-14-10/h3-4,6,10-11,14-15H,1-2,5H2. The van der Waals surface area contributed by atoms with Crippen molar-refractivity contribution in [1.82, 2.24) is 5.32 Å². The molecule has 1 aliphatic rings. The average Bonchev–Trinajstić information content (AvgIpc) is 2.69. The van der Waals surface area contributed by atoms with Crippen LogP contribution >= 0.6 is 27.5 Å². The lowest BCUT2D eigenvalue weighted by molar-refractivity contribution is 0.137. The predicted octanol–water partition coefficient (Wildman–Crippen LogP) is 2.89. The van der Waals surface area contributed by atoms with Crippen molar-refractivity contribution < 1.29 is 5.11 Å². The van der Waals surface area contributed by atoms with E-state index in [9.17, 15) is 5.11 Å². The molecule has 0 bridgehead atoms. The molecule has 0 amide bonds. The van der Waals surface area contributed by atoms with Gasteiger partial charge in [0.05, 0.1) is 6.10 Å². The van der Waals surface area contributed by atoms with Gasteiger partial charge in [0.25, 0.3) is 0 Å². The van der Waals surface area contributed by atoms with Crippen LogP contribution in [-0.2, 0) is 0 Å². The molecule has 2 nitrogen and oxygen atoms in total. The summed E-state index contributed by atoms with van der Waals surface area (Å²) in [7, 11) is 0. The SMILES string of the molecule is OC(c1ccc(Cl)cc1Br)C1CCCN1. The molecule has 4 heteroatoms. The molecule has 15 heavy (non-hydrogen) atoms. The molecule has 1 aliphatic heterocycles. The van der Waals surface area contributed by atoms with Crippen LogP contribution in [0.1, 0.15) is 24.5 Å². The van der Waals surface area contributed by atoms with Crippen molar-refractivity contribution in [2.75, 3.05) is 6.54 Å². The first-order chi connectivity index (χ1) is 7.18. The van der Waals surface area contributed by atoms with Gasteiger partial charge in [0.15, 0.2) is 0 Å². The topological polar surface area (TPSA) is 32.3 Å². The molecule has 1 saturated heterocycles. The molecular weight excluding hydrogens is 277 g/mol. The van der Waals surface area contributed by atoms with Crippen molar-refractivity contribution in [3.05, 3.63) is 33.3 Å². The van der Waals surface area contributed by atoms with E-state index in [1.54, 1.807) is 6.07 Å². The molecule has 1 aromatic carbocycles. The summed E-state index contributed by atoms with van der Waals surface area (Å²) in [6.07, 6.45) is 1.70. The average molecular weight is 291 g/mol. The summed E-state index contributed by atoms with van der Waals surface area (Å²) in [4.78, 5) is 0. The summed E-state index contributed by atoms with van der Waals surface area (Å²) >= 11 is 9.28. The van der Waals surface area contributed by atoms with E-state index in [1.165, 1.54) is 0 Å². The minimum atomic E-state index is -0.459. The molecule has 2 atom stereocenters. The largest absolute Gasteiger partial charge is 0.387 e. The molecular formula is C11H13BrClNO. The fourth-order valence-corrected chi connectivity index (χ4v) is 2.86. The van der Waals surface area contributed by atoms with E-state index < -0.39 is 6.10 Å². The van der Waals surface area contributed by atoms with Gasteiger partial charge in [-0.05, 0) is 37.1 Å². The maximum absolute atomic E-state index is 10.2. The first-order valence-electron chi connectivity index (χ1n) is 5.05. The number of aliphatic hydroxyl groups is 1. The van der Waals surface area contributed by atoms with Gasteiger partial charge >= 0.3 is 0 Å². The predicted molar refractivity (Wildman–Crippen MR) is 65.1 cm³/mol. The van der Waals surface area contributed by atoms with E-state index in [-0.39, 0.29) is 6.04 Å². The number of benzene rings is 1. The molecule has 1 aromatic rings. The van der Waals surface area contributed by atoms with Crippen molar-refractivity contribution in [2.45, 2.75) is 25.0 Å². The van der Waals surface area contributed by atoms with Crippen LogP contribution in [0.3, 0.4) is 0 Å². The molecule has 0 spiro atoms. The summed E-state index contributed by atoms with van der Waals surface area (Å²) < 4.78 is 0.871. The minimum Gasteiger partial charge on any atom is -0.387 e. The maximum atomic E-state index is 10.2. The second-order valence-corrected chi connectivity index (χ2v) is 5.10. The third kappa shape index (κ3) is 2.53. The molecule has 0 aromatic heterocycles. The zero-order valence-electron chi connectivity index (χ0n) is 8.21. The van der Waals surface area contributed by atoms with E-state index >= 15 is 0 Å². The van der Waals surface area contributed by atoms with Crippen molar-refractivity contribution in [1.29, 1.82) is 0 Å². The summed E-state index contributed by atoms with van der Waals surface area (Å²) in [5.74, 6) is 0. The van der Waals surface area contributed by atoms with Crippen LogP contribution in [0.15, 0.2) is 22.7 Å². The number of nitrogens with one attached hydrogen (secondary N) is 1. The van der Waals surface area contributed by atoms with E-state index in [2.05, 4.69) is 21.2 Å². The number of hydrogen-bond donors (Lipinski definition) is 2. The van der Waals surface area contributed by atoms with Gasteiger partial charge in [-0.25, -0.2) is 0 Å². The highest BCUT2D eigenvalue weighted by molar-refractivity contribution is 9.10. The van der Waals surface area contributed by atoms with Crippen LogP contribution in [0.2, 0.25) is 5.02 Å². The lowest BCUT2D eigenvalue weighted by atomic mass is 10.0. The monoisotopic (exact) mass is 289 g/mol. The number of rotatable bonds is 2. The normalized spacial score (nSPS) is 23.0. The Bertz CT molecular complexity index is 352. The summed E-state index contributed by atoms with van der Waals surface area (Å²) in [6.45, 7) is 0.993. The Balaban J connectivity index is 2.20. The van der Waals surface area contributed by atoms with Crippen LogP contribution < -0.4 is 5.32 Å². The van der Waals surface area contributed by atoms with Gasteiger partial charge in [0.1, 0.15) is 0 Å². The van der Waals surface area contributed by atoms with E-state index in [0.717, 1.165) is 29.4 Å². The van der Waals surface area contributed by atoms with Crippen molar-refractivity contribution in [3.8, 4) is 0 Å². The zero-order valence-corrected chi connectivity index (χ0v) is 10.6. The summed E-state index contributed by atoms with van der Waals surface area (Å²) in [5, 5.41) is 14.1. The smallest absolute Gasteiger partial charge is 0.0953 e.